The van der Waals surface area contributed by atoms with Crippen molar-refractivity contribution in [3.8, 4) is 6.07 Å². The number of thioether (sulfide) groups is 1. The lowest BCUT2D eigenvalue weighted by Gasteiger charge is -2.16. The Morgan fingerprint density at radius 1 is 1.44 bits per heavy atom. The number of nitriles is 1. The first-order valence-electron chi connectivity index (χ1n) is 5.65. The van der Waals surface area contributed by atoms with Gasteiger partial charge >= 0.3 is 0 Å². The fourth-order valence-corrected chi connectivity index (χ4v) is 1.98. The van der Waals surface area contributed by atoms with Gasteiger partial charge in [-0.3, -0.25) is 4.79 Å². The maximum Gasteiger partial charge on any atom is 0.230 e. The molecular weight excluding hydrogens is 248 g/mol. The molecule has 1 rings (SSSR count). The number of nitrogens with one attached hydrogen (secondary N) is 1. The van der Waals surface area contributed by atoms with Crippen molar-refractivity contribution in [2.75, 3.05) is 18.1 Å². The van der Waals surface area contributed by atoms with Gasteiger partial charge in [-0.15, -0.1) is 11.8 Å². The van der Waals surface area contributed by atoms with E-state index >= 15 is 0 Å². The molecule has 1 aromatic rings. The summed E-state index contributed by atoms with van der Waals surface area (Å²) in [6.45, 7) is -0.0937. The molecule has 4 nitrogen and oxygen atoms in total. The molecule has 0 aliphatic rings. The number of aliphatic hydroxyl groups is 1. The number of hydrogen-bond acceptors (Lipinski definition) is 4. The zero-order valence-electron chi connectivity index (χ0n) is 10.0. The highest BCUT2D eigenvalue weighted by atomic mass is 32.2. The van der Waals surface area contributed by atoms with Crippen molar-refractivity contribution in [1.29, 1.82) is 5.26 Å². The Labute approximate surface area is 111 Å². The molecular formula is C13H16N2O2S. The van der Waals surface area contributed by atoms with Gasteiger partial charge in [0.2, 0.25) is 5.91 Å². The van der Waals surface area contributed by atoms with Gasteiger partial charge in [0.15, 0.2) is 0 Å². The van der Waals surface area contributed by atoms with E-state index in [1.807, 2.05) is 36.4 Å². The molecule has 0 saturated carbocycles. The van der Waals surface area contributed by atoms with Crippen LogP contribution in [0.25, 0.3) is 0 Å². The van der Waals surface area contributed by atoms with Gasteiger partial charge in [-0.1, -0.05) is 30.3 Å². The van der Waals surface area contributed by atoms with Crippen LogP contribution in [0.3, 0.4) is 0 Å². The number of rotatable bonds is 7. The lowest BCUT2D eigenvalue weighted by molar-refractivity contribution is -0.119. The molecule has 96 valence electrons. The molecule has 0 bridgehead atoms. The molecule has 0 aliphatic heterocycles. The van der Waals surface area contributed by atoms with Crippen LogP contribution >= 0.6 is 11.8 Å². The van der Waals surface area contributed by atoms with Gasteiger partial charge in [-0.05, 0) is 12.0 Å². The summed E-state index contributed by atoms with van der Waals surface area (Å²) in [4.78, 5) is 11.5. The second-order valence-electron chi connectivity index (χ2n) is 3.79. The zero-order valence-corrected chi connectivity index (χ0v) is 10.8. The van der Waals surface area contributed by atoms with E-state index in [9.17, 15) is 9.90 Å². The minimum absolute atomic E-state index is 0.0937. The van der Waals surface area contributed by atoms with Gasteiger partial charge in [0.1, 0.15) is 0 Å². The maximum atomic E-state index is 11.5. The van der Waals surface area contributed by atoms with E-state index in [0.717, 1.165) is 5.56 Å². The summed E-state index contributed by atoms with van der Waals surface area (Å²) in [6.07, 6.45) is 0.603. The number of aliphatic hydroxyl groups excluding tert-OH is 1. The standard InChI is InChI=1S/C13H16N2O2S/c14-6-7-18-10-13(17)15-12(9-16)8-11-4-2-1-3-5-11/h1-5,12,16H,7-10H2,(H,15,17)/t12-/m1/s1. The van der Waals surface area contributed by atoms with Gasteiger partial charge in [-0.2, -0.15) is 5.26 Å². The highest BCUT2D eigenvalue weighted by Crippen LogP contribution is 2.04. The maximum absolute atomic E-state index is 11.5. The molecule has 0 heterocycles. The molecule has 0 fully saturated rings. The van der Waals surface area contributed by atoms with Crippen LogP contribution in [-0.4, -0.2) is 35.2 Å². The fourth-order valence-electron chi connectivity index (χ4n) is 1.52. The van der Waals surface area contributed by atoms with Crippen molar-refractivity contribution in [1.82, 2.24) is 5.32 Å². The molecule has 0 saturated heterocycles. The van der Waals surface area contributed by atoms with Crippen molar-refractivity contribution < 1.29 is 9.90 Å². The van der Waals surface area contributed by atoms with E-state index in [-0.39, 0.29) is 24.3 Å². The van der Waals surface area contributed by atoms with Crippen LogP contribution in [0.5, 0.6) is 0 Å². The first-order valence-corrected chi connectivity index (χ1v) is 6.80. The van der Waals surface area contributed by atoms with Crippen molar-refractivity contribution in [3.05, 3.63) is 35.9 Å². The van der Waals surface area contributed by atoms with Gasteiger partial charge in [0.25, 0.3) is 0 Å². The molecule has 0 aliphatic carbocycles. The molecule has 0 radical (unpaired) electrons. The van der Waals surface area contributed by atoms with Crippen LogP contribution in [0.2, 0.25) is 0 Å². The van der Waals surface area contributed by atoms with E-state index in [2.05, 4.69) is 5.32 Å². The number of nitrogens with zero attached hydrogens (tertiary/aromatic N) is 1. The number of hydrogen-bond donors (Lipinski definition) is 2. The number of benzene rings is 1. The molecule has 0 spiro atoms. The predicted molar refractivity (Wildman–Crippen MR) is 72.1 cm³/mol. The van der Waals surface area contributed by atoms with Gasteiger partial charge in [0, 0.05) is 0 Å². The van der Waals surface area contributed by atoms with Crippen LogP contribution in [-0.2, 0) is 11.2 Å². The van der Waals surface area contributed by atoms with Crippen LogP contribution in [0, 0.1) is 11.3 Å². The minimum atomic E-state index is -0.275. The SMILES string of the molecule is N#CCSCC(=O)N[C@@H](CO)Cc1ccccc1. The fraction of sp³-hybridized carbons (Fsp3) is 0.385. The topological polar surface area (TPSA) is 73.1 Å². The Kier molecular flexibility index (Phi) is 6.92. The third-order valence-corrected chi connectivity index (χ3v) is 3.11. The second-order valence-corrected chi connectivity index (χ2v) is 4.77. The Balaban J connectivity index is 2.38. The smallest absolute Gasteiger partial charge is 0.230 e. The summed E-state index contributed by atoms with van der Waals surface area (Å²) >= 11 is 1.27. The zero-order chi connectivity index (χ0) is 13.2. The van der Waals surface area contributed by atoms with Crippen LogP contribution < -0.4 is 5.32 Å². The van der Waals surface area contributed by atoms with E-state index < -0.39 is 0 Å². The molecule has 5 heteroatoms. The third kappa shape index (κ3) is 5.71. The average Bonchev–Trinajstić information content (AvgIpc) is 2.39. The van der Waals surface area contributed by atoms with Gasteiger partial charge in [0.05, 0.1) is 30.2 Å². The lowest BCUT2D eigenvalue weighted by Crippen LogP contribution is -2.40. The van der Waals surface area contributed by atoms with Crippen LogP contribution in [0.4, 0.5) is 0 Å². The highest BCUT2D eigenvalue weighted by molar-refractivity contribution is 8.00. The third-order valence-electron chi connectivity index (χ3n) is 2.31. The number of amides is 1. The monoisotopic (exact) mass is 264 g/mol. The Hall–Kier alpha value is -1.51. The van der Waals surface area contributed by atoms with Crippen LogP contribution in [0.1, 0.15) is 5.56 Å². The molecule has 1 atom stereocenters. The first kappa shape index (κ1) is 14.6. The molecule has 1 amide bonds. The quantitative estimate of drug-likeness (QED) is 0.720. The normalized spacial score (nSPS) is 11.6. The summed E-state index contributed by atoms with van der Waals surface area (Å²) in [5, 5.41) is 20.3. The summed E-state index contributed by atoms with van der Waals surface area (Å²) in [5.41, 5.74) is 1.07. The van der Waals surface area contributed by atoms with Gasteiger partial charge < -0.3 is 10.4 Å². The summed E-state index contributed by atoms with van der Waals surface area (Å²) < 4.78 is 0. The Morgan fingerprint density at radius 2 is 2.17 bits per heavy atom. The second kappa shape index (κ2) is 8.56. The van der Waals surface area contributed by atoms with Crippen molar-refractivity contribution in [2.24, 2.45) is 0 Å². The van der Waals surface area contributed by atoms with E-state index in [0.29, 0.717) is 12.2 Å². The number of carbonyl (C=O) groups is 1. The van der Waals surface area contributed by atoms with Crippen molar-refractivity contribution >= 4 is 17.7 Å². The van der Waals surface area contributed by atoms with E-state index in [1.54, 1.807) is 0 Å². The molecule has 0 aromatic heterocycles. The first-order chi connectivity index (χ1) is 8.76. The van der Waals surface area contributed by atoms with E-state index in [1.165, 1.54) is 11.8 Å². The van der Waals surface area contributed by atoms with Crippen molar-refractivity contribution in [2.45, 2.75) is 12.5 Å². The highest BCUT2D eigenvalue weighted by Gasteiger charge is 2.11. The predicted octanol–water partition coefficient (Wildman–Crippen LogP) is 0.963. The van der Waals surface area contributed by atoms with E-state index in [4.69, 9.17) is 5.26 Å². The summed E-state index contributed by atoms with van der Waals surface area (Å²) in [5.74, 6) is 0.402. The largest absolute Gasteiger partial charge is 0.394 e. The van der Waals surface area contributed by atoms with Gasteiger partial charge in [-0.25, -0.2) is 0 Å². The number of carbonyl (C=O) groups excluding carboxylic acids is 1. The van der Waals surface area contributed by atoms with Crippen LogP contribution in [0.15, 0.2) is 30.3 Å². The summed E-state index contributed by atoms with van der Waals surface area (Å²) in [6, 6.07) is 11.4. The molecule has 18 heavy (non-hydrogen) atoms. The lowest BCUT2D eigenvalue weighted by atomic mass is 10.1. The Morgan fingerprint density at radius 3 is 2.78 bits per heavy atom. The minimum Gasteiger partial charge on any atom is -0.394 e. The van der Waals surface area contributed by atoms with Crippen molar-refractivity contribution in [3.63, 3.8) is 0 Å². The molecule has 2 N–H and O–H groups in total. The average molecular weight is 264 g/mol. The molecule has 1 aromatic carbocycles. The Bertz CT molecular complexity index is 403. The molecule has 0 unspecified atom stereocenters. The summed E-state index contributed by atoms with van der Waals surface area (Å²) in [7, 11) is 0.